The fourth-order valence-electron chi connectivity index (χ4n) is 2.05. The van der Waals surface area contributed by atoms with Crippen LogP contribution in [-0.2, 0) is 6.42 Å². The highest BCUT2D eigenvalue weighted by Gasteiger charge is 2.18. The second-order valence-electron chi connectivity index (χ2n) is 4.58. The molecule has 0 spiro atoms. The van der Waals surface area contributed by atoms with E-state index in [-0.39, 0.29) is 15.4 Å². The first kappa shape index (κ1) is 15.2. The molecule has 3 nitrogen and oxygen atoms in total. The van der Waals surface area contributed by atoms with Crippen molar-refractivity contribution in [2.24, 2.45) is 0 Å². The Hall–Kier alpha value is -1.20. The Bertz CT molecular complexity index is 644. The van der Waals surface area contributed by atoms with E-state index < -0.39 is 0 Å². The van der Waals surface area contributed by atoms with Crippen LogP contribution >= 0.6 is 31.9 Å². The third-order valence-electron chi connectivity index (χ3n) is 3.08. The molecule has 0 aliphatic rings. The maximum absolute atomic E-state index is 11.0. The molecule has 20 heavy (non-hydrogen) atoms. The molecule has 104 valence electrons. The maximum Gasteiger partial charge on any atom is 0.272 e. The van der Waals surface area contributed by atoms with Gasteiger partial charge in [0.2, 0.25) is 0 Å². The van der Waals surface area contributed by atoms with Gasteiger partial charge in [0, 0.05) is 20.9 Å². The van der Waals surface area contributed by atoms with Gasteiger partial charge in [0.05, 0.1) is 4.92 Å². The summed E-state index contributed by atoms with van der Waals surface area (Å²) in [4.78, 5) is 10.7. The van der Waals surface area contributed by atoms with E-state index in [9.17, 15) is 10.1 Å². The van der Waals surface area contributed by atoms with Crippen molar-refractivity contribution >= 4 is 37.5 Å². The van der Waals surface area contributed by atoms with E-state index in [0.29, 0.717) is 6.42 Å². The monoisotopic (exact) mass is 397 g/mol. The molecule has 5 heteroatoms. The van der Waals surface area contributed by atoms with Gasteiger partial charge in [0.25, 0.3) is 5.69 Å². The highest BCUT2D eigenvalue weighted by atomic mass is 79.9. The first-order valence-electron chi connectivity index (χ1n) is 6.11. The van der Waals surface area contributed by atoms with Crippen LogP contribution < -0.4 is 0 Å². The summed E-state index contributed by atoms with van der Waals surface area (Å²) in [5.41, 5.74) is 3.16. The van der Waals surface area contributed by atoms with Crippen LogP contribution in [0, 0.1) is 17.0 Å². The topological polar surface area (TPSA) is 43.1 Å². The molecule has 0 saturated heterocycles. The molecule has 0 amide bonds. The zero-order chi connectivity index (χ0) is 14.7. The summed E-state index contributed by atoms with van der Waals surface area (Å²) in [5.74, 6) is 0. The number of alkyl halides is 1. The van der Waals surface area contributed by atoms with Gasteiger partial charge in [-0.25, -0.2) is 0 Å². The molecular weight excluding hydrogens is 386 g/mol. The van der Waals surface area contributed by atoms with Crippen molar-refractivity contribution in [2.75, 3.05) is 0 Å². The lowest BCUT2D eigenvalue weighted by Crippen LogP contribution is -2.00. The fourth-order valence-corrected chi connectivity index (χ4v) is 3.88. The first-order valence-corrected chi connectivity index (χ1v) is 7.82. The SMILES string of the molecule is Cc1ccc(C(Br)Cc2ccccc2[N+](=O)[O-])c(Br)c1. The highest BCUT2D eigenvalue weighted by Crippen LogP contribution is 2.35. The number of nitro benzene ring substituents is 1. The summed E-state index contributed by atoms with van der Waals surface area (Å²) in [6.07, 6.45) is 0.568. The number of halogens is 2. The third-order valence-corrected chi connectivity index (χ3v) is 4.58. The lowest BCUT2D eigenvalue weighted by atomic mass is 10.0. The Labute approximate surface area is 134 Å². The zero-order valence-corrected chi connectivity index (χ0v) is 14.0. The van der Waals surface area contributed by atoms with E-state index in [1.165, 1.54) is 5.56 Å². The van der Waals surface area contributed by atoms with Crippen molar-refractivity contribution in [3.63, 3.8) is 0 Å². The van der Waals surface area contributed by atoms with Crippen LogP contribution in [0.15, 0.2) is 46.9 Å². The van der Waals surface area contributed by atoms with Gasteiger partial charge in [-0.2, -0.15) is 0 Å². The van der Waals surface area contributed by atoms with Crippen LogP contribution in [0.2, 0.25) is 0 Å². The Morgan fingerprint density at radius 1 is 1.25 bits per heavy atom. The summed E-state index contributed by atoms with van der Waals surface area (Å²) in [7, 11) is 0. The normalized spacial score (nSPS) is 12.2. The van der Waals surface area contributed by atoms with Crippen LogP contribution in [0.5, 0.6) is 0 Å². The lowest BCUT2D eigenvalue weighted by Gasteiger charge is -2.13. The molecule has 2 rings (SSSR count). The summed E-state index contributed by atoms with van der Waals surface area (Å²) in [6, 6.07) is 13.0. The zero-order valence-electron chi connectivity index (χ0n) is 10.8. The molecule has 0 aliphatic carbocycles. The minimum absolute atomic E-state index is 0.0265. The van der Waals surface area contributed by atoms with Gasteiger partial charge in [-0.05, 0) is 30.5 Å². The standard InChI is InChI=1S/C15H13Br2NO2/c1-10-6-7-12(13(16)8-10)14(17)9-11-4-2-3-5-15(11)18(19)20/h2-8,14H,9H2,1H3. The van der Waals surface area contributed by atoms with Gasteiger partial charge < -0.3 is 0 Å². The molecule has 1 unspecified atom stereocenters. The number of benzene rings is 2. The van der Waals surface area contributed by atoms with E-state index >= 15 is 0 Å². The predicted octanol–water partition coefficient (Wildman–Crippen LogP) is 5.34. The van der Waals surface area contributed by atoms with E-state index in [4.69, 9.17) is 0 Å². The van der Waals surface area contributed by atoms with Gasteiger partial charge in [0.1, 0.15) is 0 Å². The van der Waals surface area contributed by atoms with Crippen LogP contribution in [-0.4, -0.2) is 4.92 Å². The molecule has 0 radical (unpaired) electrons. The molecule has 0 saturated carbocycles. The molecule has 0 bridgehead atoms. The summed E-state index contributed by atoms with van der Waals surface area (Å²) in [5, 5.41) is 11.0. The Kier molecular flexibility index (Phi) is 4.94. The molecule has 0 aromatic heterocycles. The minimum Gasteiger partial charge on any atom is -0.258 e. The maximum atomic E-state index is 11.0. The molecule has 0 heterocycles. The van der Waals surface area contributed by atoms with Crippen molar-refractivity contribution in [3.8, 4) is 0 Å². The summed E-state index contributed by atoms with van der Waals surface area (Å²) >= 11 is 7.17. The van der Waals surface area contributed by atoms with E-state index in [1.54, 1.807) is 18.2 Å². The number of hydrogen-bond donors (Lipinski definition) is 0. The van der Waals surface area contributed by atoms with Gasteiger partial charge in [-0.1, -0.05) is 62.2 Å². The number of aryl methyl sites for hydroxylation is 1. The number of nitrogens with zero attached hydrogens (tertiary/aromatic N) is 1. The van der Waals surface area contributed by atoms with Crippen LogP contribution in [0.4, 0.5) is 5.69 Å². The van der Waals surface area contributed by atoms with Gasteiger partial charge in [-0.3, -0.25) is 10.1 Å². The van der Waals surface area contributed by atoms with E-state index in [0.717, 1.165) is 15.6 Å². The van der Waals surface area contributed by atoms with Crippen molar-refractivity contribution < 1.29 is 4.92 Å². The van der Waals surface area contributed by atoms with E-state index in [2.05, 4.69) is 31.9 Å². The molecule has 2 aromatic rings. The van der Waals surface area contributed by atoms with Crippen LogP contribution in [0.3, 0.4) is 0 Å². The molecule has 0 N–H and O–H groups in total. The van der Waals surface area contributed by atoms with Crippen molar-refractivity contribution in [1.82, 2.24) is 0 Å². The van der Waals surface area contributed by atoms with Gasteiger partial charge in [0.15, 0.2) is 0 Å². The van der Waals surface area contributed by atoms with Crippen LogP contribution in [0.1, 0.15) is 21.5 Å². The smallest absolute Gasteiger partial charge is 0.258 e. The second-order valence-corrected chi connectivity index (χ2v) is 6.54. The molecule has 2 aromatic carbocycles. The number of nitro groups is 1. The van der Waals surface area contributed by atoms with Crippen LogP contribution in [0.25, 0.3) is 0 Å². The first-order chi connectivity index (χ1) is 9.49. The molecule has 0 aliphatic heterocycles. The lowest BCUT2D eigenvalue weighted by molar-refractivity contribution is -0.385. The highest BCUT2D eigenvalue weighted by molar-refractivity contribution is 9.11. The third kappa shape index (κ3) is 3.46. The largest absolute Gasteiger partial charge is 0.272 e. The fraction of sp³-hybridized carbons (Fsp3) is 0.200. The summed E-state index contributed by atoms with van der Waals surface area (Å²) < 4.78 is 1.01. The Morgan fingerprint density at radius 2 is 1.95 bits per heavy atom. The predicted molar refractivity (Wildman–Crippen MR) is 87.3 cm³/mol. The van der Waals surface area contributed by atoms with Crippen molar-refractivity contribution in [1.29, 1.82) is 0 Å². The second kappa shape index (κ2) is 6.50. The molecule has 0 fully saturated rings. The number of hydrogen-bond acceptors (Lipinski definition) is 2. The van der Waals surface area contributed by atoms with Crippen molar-refractivity contribution in [2.45, 2.75) is 18.2 Å². The Morgan fingerprint density at radius 3 is 2.60 bits per heavy atom. The van der Waals surface area contributed by atoms with Gasteiger partial charge in [-0.15, -0.1) is 0 Å². The number of rotatable bonds is 4. The molecular formula is C15H13Br2NO2. The Balaban J connectivity index is 2.28. The van der Waals surface area contributed by atoms with Crippen molar-refractivity contribution in [3.05, 3.63) is 73.7 Å². The number of para-hydroxylation sites is 1. The average Bonchev–Trinajstić information content (AvgIpc) is 2.38. The average molecular weight is 399 g/mol. The quantitative estimate of drug-likeness (QED) is 0.396. The van der Waals surface area contributed by atoms with Gasteiger partial charge >= 0.3 is 0 Å². The molecule has 1 atom stereocenters. The summed E-state index contributed by atoms with van der Waals surface area (Å²) in [6.45, 7) is 2.03. The van der Waals surface area contributed by atoms with E-state index in [1.807, 2.05) is 31.2 Å². The minimum atomic E-state index is -0.334.